The molecule has 1 saturated heterocycles. The zero-order valence-corrected chi connectivity index (χ0v) is 25.3. The summed E-state index contributed by atoms with van der Waals surface area (Å²) in [5.74, 6) is -3.17. The number of rotatable bonds is 9. The number of hydrogen-bond acceptors (Lipinski definition) is 10. The van der Waals surface area contributed by atoms with Gasteiger partial charge in [0.15, 0.2) is 0 Å². The Bertz CT molecular complexity index is 1120. The summed E-state index contributed by atoms with van der Waals surface area (Å²) in [6.45, 7) is 17.2. The number of carbonyl (C=O) groups is 4. The largest absolute Gasteiger partial charge is 0.459 e. The number of aliphatic hydroxyl groups excluding tert-OH is 1. The first kappa shape index (κ1) is 32.5. The average Bonchev–Trinajstić information content (AvgIpc) is 3.14. The van der Waals surface area contributed by atoms with Crippen molar-refractivity contribution in [2.24, 2.45) is 28.6 Å². The minimum atomic E-state index is -1.48. The summed E-state index contributed by atoms with van der Waals surface area (Å²) in [4.78, 5) is 49.6. The van der Waals surface area contributed by atoms with Gasteiger partial charge in [0, 0.05) is 38.7 Å². The van der Waals surface area contributed by atoms with Gasteiger partial charge in [-0.25, -0.2) is 0 Å². The first-order chi connectivity index (χ1) is 19.1. The lowest BCUT2D eigenvalue weighted by atomic mass is 9.44. The molecule has 0 aromatic rings. The predicted molar refractivity (Wildman–Crippen MR) is 148 cm³/mol. The SMILES string of the molecule is C=C/C(C)=C/C[C@]1(C)[C@H](C)[C@@H](OC(C)=O)C(O)C23C(=C[C@H](OC(=O)CC(C)C)C[C@H]21)[C@@H](OC(C)=O)O[C@H]3OC(C)=O. The molecular formula is C31H44O10. The molecule has 0 amide bonds. The van der Waals surface area contributed by atoms with Crippen LogP contribution >= 0.6 is 0 Å². The number of ether oxygens (including phenoxy) is 5. The highest BCUT2D eigenvalue weighted by atomic mass is 16.8. The summed E-state index contributed by atoms with van der Waals surface area (Å²) >= 11 is 0. The Balaban J connectivity index is 2.31. The fourth-order valence-corrected chi connectivity index (χ4v) is 6.79. The van der Waals surface area contributed by atoms with Crippen LogP contribution < -0.4 is 0 Å². The number of esters is 4. The number of carbonyl (C=O) groups excluding carboxylic acids is 4. The van der Waals surface area contributed by atoms with Crippen LogP contribution in [0.15, 0.2) is 36.0 Å². The van der Waals surface area contributed by atoms with Crippen molar-refractivity contribution in [1.82, 2.24) is 0 Å². The molecule has 41 heavy (non-hydrogen) atoms. The minimum absolute atomic E-state index is 0.0769. The Labute approximate surface area is 242 Å². The van der Waals surface area contributed by atoms with Gasteiger partial charge >= 0.3 is 23.9 Å². The first-order valence-corrected chi connectivity index (χ1v) is 14.1. The van der Waals surface area contributed by atoms with Crippen molar-refractivity contribution in [3.63, 3.8) is 0 Å². The summed E-state index contributed by atoms with van der Waals surface area (Å²) in [5.41, 5.74) is -0.973. The highest BCUT2D eigenvalue weighted by Crippen LogP contribution is 2.67. The molecule has 9 atom stereocenters. The maximum absolute atomic E-state index is 12.8. The van der Waals surface area contributed by atoms with Gasteiger partial charge < -0.3 is 24.1 Å². The second kappa shape index (κ2) is 12.5. The molecule has 1 N–H and O–H groups in total. The highest BCUT2D eigenvalue weighted by molar-refractivity contribution is 5.70. The maximum atomic E-state index is 12.8. The van der Waals surface area contributed by atoms with Crippen LogP contribution in [0.4, 0.5) is 0 Å². The zero-order chi connectivity index (χ0) is 30.9. The molecule has 2 unspecified atom stereocenters. The maximum Gasteiger partial charge on any atom is 0.306 e. The van der Waals surface area contributed by atoms with Crippen molar-refractivity contribution in [3.05, 3.63) is 36.0 Å². The summed E-state index contributed by atoms with van der Waals surface area (Å²) in [6.07, 6.45) is 0.422. The van der Waals surface area contributed by atoms with E-state index in [2.05, 4.69) is 6.58 Å². The topological polar surface area (TPSA) is 135 Å². The number of allylic oxidation sites excluding steroid dienone is 3. The minimum Gasteiger partial charge on any atom is -0.459 e. The third-order valence-electron chi connectivity index (χ3n) is 8.82. The van der Waals surface area contributed by atoms with Crippen molar-refractivity contribution in [3.8, 4) is 0 Å². The molecule has 10 nitrogen and oxygen atoms in total. The van der Waals surface area contributed by atoms with Crippen LogP contribution in [-0.4, -0.2) is 59.9 Å². The molecule has 2 fully saturated rings. The number of hydrogen-bond donors (Lipinski definition) is 1. The Kier molecular flexibility index (Phi) is 9.91. The Morgan fingerprint density at radius 2 is 1.68 bits per heavy atom. The van der Waals surface area contributed by atoms with E-state index in [0.29, 0.717) is 12.0 Å². The Morgan fingerprint density at radius 1 is 1.07 bits per heavy atom. The monoisotopic (exact) mass is 576 g/mol. The smallest absolute Gasteiger partial charge is 0.306 e. The fourth-order valence-electron chi connectivity index (χ4n) is 6.79. The first-order valence-electron chi connectivity index (χ1n) is 14.1. The molecule has 0 radical (unpaired) electrons. The summed E-state index contributed by atoms with van der Waals surface area (Å²) in [7, 11) is 0. The third kappa shape index (κ3) is 6.28. The molecule has 1 saturated carbocycles. The van der Waals surface area contributed by atoms with E-state index in [1.807, 2.05) is 40.7 Å². The average molecular weight is 577 g/mol. The van der Waals surface area contributed by atoms with Gasteiger partial charge in [-0.2, -0.15) is 0 Å². The summed E-state index contributed by atoms with van der Waals surface area (Å²) < 4.78 is 29.0. The lowest BCUT2D eigenvalue weighted by Crippen LogP contribution is -2.68. The van der Waals surface area contributed by atoms with E-state index < -0.39 is 71.5 Å². The van der Waals surface area contributed by atoms with Crippen LogP contribution in [0.1, 0.15) is 74.7 Å². The molecule has 2 aliphatic carbocycles. The van der Waals surface area contributed by atoms with Gasteiger partial charge in [-0.1, -0.05) is 52.0 Å². The van der Waals surface area contributed by atoms with Crippen LogP contribution in [0.3, 0.4) is 0 Å². The van der Waals surface area contributed by atoms with Crippen molar-refractivity contribution in [2.45, 2.75) is 106 Å². The van der Waals surface area contributed by atoms with E-state index in [4.69, 9.17) is 23.7 Å². The van der Waals surface area contributed by atoms with Crippen molar-refractivity contribution in [2.75, 3.05) is 0 Å². The molecule has 0 aromatic heterocycles. The van der Waals surface area contributed by atoms with E-state index in [0.717, 1.165) is 5.57 Å². The molecular weight excluding hydrogens is 532 g/mol. The fraction of sp³-hybridized carbons (Fsp3) is 0.677. The van der Waals surface area contributed by atoms with E-state index in [1.54, 1.807) is 12.2 Å². The Morgan fingerprint density at radius 3 is 2.22 bits per heavy atom. The summed E-state index contributed by atoms with van der Waals surface area (Å²) in [5, 5.41) is 12.2. The molecule has 1 aliphatic heterocycles. The standard InChI is InChI=1S/C31H44O10/c1-10-17(4)11-12-30(9)18(5)26(37-19(6)32)27(36)31-23(28(38-20(7)33)41-29(31)39-21(8)34)14-22(15-24(30)31)40-25(35)13-16(2)3/h10-11,14,16,18,22,24,26-29,36H,1,12-13,15H2,2-9H3/b17-11+/t18-,22+,24+,26-,27?,28+,29-,30-,31?/m1/s1. The predicted octanol–water partition coefficient (Wildman–Crippen LogP) is 4.16. The van der Waals surface area contributed by atoms with E-state index in [9.17, 15) is 24.3 Å². The van der Waals surface area contributed by atoms with E-state index >= 15 is 0 Å². The highest BCUT2D eigenvalue weighted by Gasteiger charge is 2.74. The normalized spacial score (nSPS) is 36.4. The van der Waals surface area contributed by atoms with Gasteiger partial charge in [0.2, 0.25) is 12.6 Å². The molecule has 0 aromatic carbocycles. The lowest BCUT2D eigenvalue weighted by molar-refractivity contribution is -0.275. The van der Waals surface area contributed by atoms with Crippen LogP contribution in [0, 0.1) is 28.6 Å². The third-order valence-corrected chi connectivity index (χ3v) is 8.82. The van der Waals surface area contributed by atoms with Gasteiger partial charge in [0.05, 0.1) is 5.41 Å². The van der Waals surface area contributed by atoms with Crippen LogP contribution in [0.25, 0.3) is 0 Å². The van der Waals surface area contributed by atoms with Crippen molar-refractivity contribution >= 4 is 23.9 Å². The molecule has 1 spiro atoms. The number of aliphatic hydroxyl groups is 1. The van der Waals surface area contributed by atoms with Gasteiger partial charge in [-0.05, 0) is 43.1 Å². The van der Waals surface area contributed by atoms with Crippen molar-refractivity contribution in [1.29, 1.82) is 0 Å². The molecule has 228 valence electrons. The second-order valence-corrected chi connectivity index (χ2v) is 12.2. The van der Waals surface area contributed by atoms with Gasteiger partial charge in [0.25, 0.3) is 0 Å². The molecule has 10 heteroatoms. The quantitative estimate of drug-likeness (QED) is 0.185. The molecule has 1 heterocycles. The second-order valence-electron chi connectivity index (χ2n) is 12.2. The molecule has 3 aliphatic rings. The molecule has 3 rings (SSSR count). The van der Waals surface area contributed by atoms with Gasteiger partial charge in [-0.15, -0.1) is 0 Å². The zero-order valence-electron chi connectivity index (χ0n) is 25.3. The van der Waals surface area contributed by atoms with E-state index in [-0.39, 0.29) is 24.7 Å². The van der Waals surface area contributed by atoms with Gasteiger partial charge in [0.1, 0.15) is 18.3 Å². The lowest BCUT2D eigenvalue weighted by Gasteiger charge is -2.62. The van der Waals surface area contributed by atoms with Crippen LogP contribution in [0.5, 0.6) is 0 Å². The van der Waals surface area contributed by atoms with Crippen LogP contribution in [0.2, 0.25) is 0 Å². The van der Waals surface area contributed by atoms with E-state index in [1.165, 1.54) is 20.8 Å². The van der Waals surface area contributed by atoms with Gasteiger partial charge in [-0.3, -0.25) is 23.9 Å². The van der Waals surface area contributed by atoms with Crippen molar-refractivity contribution < 1.29 is 48.0 Å². The molecule has 0 bridgehead atoms. The summed E-state index contributed by atoms with van der Waals surface area (Å²) in [6, 6.07) is 0. The van der Waals surface area contributed by atoms with Crippen LogP contribution in [-0.2, 0) is 42.9 Å². The Hall–Kier alpha value is -2.98.